The molecule has 2 aromatic heterocycles. The van der Waals surface area contributed by atoms with Gasteiger partial charge in [0.15, 0.2) is 0 Å². The number of aryl methyl sites for hydroxylation is 2. The van der Waals surface area contributed by atoms with Gasteiger partial charge in [-0.05, 0) is 54.6 Å². The average Bonchev–Trinajstić information content (AvgIpc) is 3.22. The van der Waals surface area contributed by atoms with Crippen molar-refractivity contribution in [1.82, 2.24) is 20.2 Å². The maximum absolute atomic E-state index is 12.9. The second-order valence-corrected chi connectivity index (χ2v) is 12.7. The van der Waals surface area contributed by atoms with Gasteiger partial charge in [-0.2, -0.15) is 0 Å². The molecule has 1 amide bonds. The van der Waals surface area contributed by atoms with Gasteiger partial charge >= 0.3 is 0 Å². The van der Waals surface area contributed by atoms with E-state index in [1.165, 1.54) is 16.0 Å². The first-order chi connectivity index (χ1) is 17.3. The summed E-state index contributed by atoms with van der Waals surface area (Å²) in [4.78, 5) is 37.9. The number of nitrogens with one attached hydrogen (secondary N) is 2. The van der Waals surface area contributed by atoms with Gasteiger partial charge in [-0.25, -0.2) is 4.98 Å². The molecule has 1 aliphatic heterocycles. The minimum absolute atomic E-state index is 0.0396. The first kappa shape index (κ1) is 25.2. The van der Waals surface area contributed by atoms with Crippen LogP contribution in [0.4, 0.5) is 0 Å². The predicted octanol–water partition coefficient (Wildman–Crippen LogP) is 4.85. The van der Waals surface area contributed by atoms with Gasteiger partial charge in [0, 0.05) is 43.4 Å². The number of carbonyl (C=O) groups excluding carboxylic acids is 1. The highest BCUT2D eigenvalue weighted by molar-refractivity contribution is 7.18. The summed E-state index contributed by atoms with van der Waals surface area (Å²) in [7, 11) is 0. The van der Waals surface area contributed by atoms with Crippen LogP contribution < -0.4 is 10.9 Å². The number of H-pyrrole nitrogens is 1. The molecule has 0 radical (unpaired) electrons. The fourth-order valence-corrected chi connectivity index (χ4v) is 7.01. The molecule has 5 rings (SSSR count). The predicted molar refractivity (Wildman–Crippen MR) is 146 cm³/mol. The van der Waals surface area contributed by atoms with E-state index in [4.69, 9.17) is 4.98 Å². The van der Waals surface area contributed by atoms with Gasteiger partial charge < -0.3 is 10.3 Å². The van der Waals surface area contributed by atoms with E-state index in [1.807, 2.05) is 6.07 Å². The molecule has 3 aromatic rings. The molecule has 7 heteroatoms. The highest BCUT2D eigenvalue weighted by Crippen LogP contribution is 2.42. The van der Waals surface area contributed by atoms with E-state index in [9.17, 15) is 9.59 Å². The molecule has 36 heavy (non-hydrogen) atoms. The third-order valence-corrected chi connectivity index (χ3v) is 9.13. The number of likely N-dealkylation sites (tertiary alicyclic amines) is 1. The van der Waals surface area contributed by atoms with Crippen LogP contribution in [0, 0.1) is 11.3 Å². The Morgan fingerprint density at radius 2 is 1.92 bits per heavy atom. The highest BCUT2D eigenvalue weighted by atomic mass is 32.1. The van der Waals surface area contributed by atoms with Gasteiger partial charge in [0.1, 0.15) is 10.7 Å². The summed E-state index contributed by atoms with van der Waals surface area (Å²) >= 11 is 1.67. The average molecular weight is 507 g/mol. The van der Waals surface area contributed by atoms with E-state index in [1.54, 1.807) is 11.3 Å². The largest absolute Gasteiger partial charge is 0.353 e. The molecule has 1 saturated heterocycles. The number of nitrogens with zero attached hydrogens (tertiary/aromatic N) is 2. The highest BCUT2D eigenvalue weighted by Gasteiger charge is 2.31. The van der Waals surface area contributed by atoms with Crippen molar-refractivity contribution in [1.29, 1.82) is 0 Å². The van der Waals surface area contributed by atoms with Gasteiger partial charge in [-0.3, -0.25) is 14.5 Å². The lowest BCUT2D eigenvalue weighted by Crippen LogP contribution is -2.44. The minimum atomic E-state index is -0.0482. The molecular formula is C29H38N4O2S. The molecule has 6 nitrogen and oxygen atoms in total. The lowest BCUT2D eigenvalue weighted by molar-refractivity contribution is -0.122. The number of thiophene rings is 1. The number of rotatable bonds is 6. The standard InChI is InChI=1S/C29H38N4O2S/c1-29(2,3)20-9-10-22-23(17-20)36-28-26(22)27(35)31-24(32-28)11-12-25(34)30-21-13-15-33(16-14-21)18-19-7-5-4-6-8-19/h4-8,20-21H,9-18H2,1-3H3,(H,30,34)(H,31,32,35)/t20-/m0/s1. The van der Waals surface area contributed by atoms with Gasteiger partial charge in [0.05, 0.1) is 5.39 Å². The van der Waals surface area contributed by atoms with Gasteiger partial charge in [0.2, 0.25) is 5.91 Å². The van der Waals surface area contributed by atoms with Crippen molar-refractivity contribution in [3.8, 4) is 0 Å². The Balaban J connectivity index is 1.14. The third kappa shape index (κ3) is 5.73. The van der Waals surface area contributed by atoms with Crippen LogP contribution in [-0.4, -0.2) is 39.9 Å². The lowest BCUT2D eigenvalue weighted by atomic mass is 9.72. The zero-order valence-electron chi connectivity index (χ0n) is 21.7. The van der Waals surface area contributed by atoms with E-state index < -0.39 is 0 Å². The zero-order chi connectivity index (χ0) is 25.3. The molecule has 1 aromatic carbocycles. The molecular weight excluding hydrogens is 468 g/mol. The van der Waals surface area contributed by atoms with Crippen LogP contribution >= 0.6 is 11.3 Å². The fraction of sp³-hybridized carbons (Fsp3) is 0.552. The van der Waals surface area contributed by atoms with E-state index in [2.05, 4.69) is 60.2 Å². The number of benzene rings is 1. The maximum atomic E-state index is 12.9. The Morgan fingerprint density at radius 1 is 1.17 bits per heavy atom. The van der Waals surface area contributed by atoms with Crippen LogP contribution in [0.3, 0.4) is 0 Å². The molecule has 0 bridgehead atoms. The Bertz CT molecular complexity index is 1270. The van der Waals surface area contributed by atoms with Crippen molar-refractivity contribution in [2.24, 2.45) is 11.3 Å². The van der Waals surface area contributed by atoms with Crippen LogP contribution in [0.25, 0.3) is 10.2 Å². The molecule has 0 unspecified atom stereocenters. The van der Waals surface area contributed by atoms with Crippen molar-refractivity contribution in [2.45, 2.75) is 78.3 Å². The summed E-state index contributed by atoms with van der Waals surface area (Å²) in [5.41, 5.74) is 2.75. The zero-order valence-corrected chi connectivity index (χ0v) is 22.5. The smallest absolute Gasteiger partial charge is 0.259 e. The Labute approximate surface area is 217 Å². The first-order valence-corrected chi connectivity index (χ1v) is 14.2. The molecule has 1 fully saturated rings. The van der Waals surface area contributed by atoms with Gasteiger partial charge in [-0.1, -0.05) is 51.1 Å². The Morgan fingerprint density at radius 3 is 2.64 bits per heavy atom. The quantitative estimate of drug-likeness (QED) is 0.501. The van der Waals surface area contributed by atoms with E-state index in [-0.39, 0.29) is 22.9 Å². The third-order valence-electron chi connectivity index (χ3n) is 7.98. The Kier molecular flexibility index (Phi) is 7.31. The molecule has 0 saturated carbocycles. The Hall–Kier alpha value is -2.51. The minimum Gasteiger partial charge on any atom is -0.353 e. The van der Waals surface area contributed by atoms with Crippen LogP contribution in [0.5, 0.6) is 0 Å². The van der Waals surface area contributed by atoms with Gasteiger partial charge in [-0.15, -0.1) is 11.3 Å². The summed E-state index contributed by atoms with van der Waals surface area (Å²) < 4.78 is 0. The van der Waals surface area contributed by atoms with E-state index in [0.717, 1.165) is 62.0 Å². The van der Waals surface area contributed by atoms with Crippen LogP contribution in [0.15, 0.2) is 35.1 Å². The summed E-state index contributed by atoms with van der Waals surface area (Å²) in [5, 5.41) is 3.98. The van der Waals surface area contributed by atoms with Crippen LogP contribution in [0.1, 0.15) is 68.3 Å². The van der Waals surface area contributed by atoms with Crippen molar-refractivity contribution < 1.29 is 4.79 Å². The van der Waals surface area contributed by atoms with E-state index >= 15 is 0 Å². The lowest BCUT2D eigenvalue weighted by Gasteiger charge is -2.33. The number of amides is 1. The summed E-state index contributed by atoms with van der Waals surface area (Å²) in [5.74, 6) is 1.29. The number of piperidine rings is 1. The molecule has 3 heterocycles. The molecule has 2 aliphatic rings. The number of hydrogen-bond acceptors (Lipinski definition) is 5. The number of aromatic amines is 1. The molecule has 0 spiro atoms. The number of hydrogen-bond donors (Lipinski definition) is 2. The van der Waals surface area contributed by atoms with Crippen molar-refractivity contribution >= 4 is 27.5 Å². The van der Waals surface area contributed by atoms with Crippen molar-refractivity contribution in [3.63, 3.8) is 0 Å². The summed E-state index contributed by atoms with van der Waals surface area (Å²) in [6.07, 6.45) is 5.84. The molecule has 192 valence electrons. The van der Waals surface area contributed by atoms with Crippen molar-refractivity contribution in [2.75, 3.05) is 13.1 Å². The summed E-state index contributed by atoms with van der Waals surface area (Å²) in [6, 6.07) is 10.8. The molecule has 1 atom stereocenters. The van der Waals surface area contributed by atoms with E-state index in [0.29, 0.717) is 24.6 Å². The maximum Gasteiger partial charge on any atom is 0.259 e. The second-order valence-electron chi connectivity index (χ2n) is 11.6. The number of carbonyl (C=O) groups is 1. The first-order valence-electron chi connectivity index (χ1n) is 13.4. The fourth-order valence-electron chi connectivity index (χ4n) is 5.69. The topological polar surface area (TPSA) is 78.1 Å². The van der Waals surface area contributed by atoms with Crippen molar-refractivity contribution in [3.05, 3.63) is 62.5 Å². The molecule has 1 aliphatic carbocycles. The summed E-state index contributed by atoms with van der Waals surface area (Å²) in [6.45, 7) is 9.86. The SMILES string of the molecule is CC(C)(C)[C@H]1CCc2c(sc3nc(CCC(=O)NC4CCN(Cc5ccccc5)CC4)[nH]c(=O)c23)C1. The second kappa shape index (κ2) is 10.5. The molecule has 2 N–H and O–H groups in total. The number of fused-ring (bicyclic) bond motifs is 3. The van der Waals surface area contributed by atoms with Crippen LogP contribution in [0.2, 0.25) is 0 Å². The number of aromatic nitrogens is 2. The van der Waals surface area contributed by atoms with Crippen LogP contribution in [-0.2, 0) is 30.6 Å². The normalized spacial score (nSPS) is 19.4. The van der Waals surface area contributed by atoms with Gasteiger partial charge in [0.25, 0.3) is 5.56 Å². The monoisotopic (exact) mass is 506 g/mol.